The quantitative estimate of drug-likeness (QED) is 0.818. The van der Waals surface area contributed by atoms with Crippen molar-refractivity contribution >= 4 is 10.0 Å². The van der Waals surface area contributed by atoms with E-state index in [1.54, 1.807) is 28.6 Å². The molecule has 1 heterocycles. The van der Waals surface area contributed by atoms with Crippen LogP contribution in [0.25, 0.3) is 0 Å². The summed E-state index contributed by atoms with van der Waals surface area (Å²) in [7, 11) is -3.53. The van der Waals surface area contributed by atoms with Gasteiger partial charge in [-0.1, -0.05) is 55.5 Å². The highest BCUT2D eigenvalue weighted by molar-refractivity contribution is 7.89. The van der Waals surface area contributed by atoms with Crippen molar-refractivity contribution in [3.63, 3.8) is 0 Å². The Hall–Kier alpha value is -1.69. The van der Waals surface area contributed by atoms with Gasteiger partial charge in [0.15, 0.2) is 0 Å². The van der Waals surface area contributed by atoms with E-state index in [-0.39, 0.29) is 5.41 Å². The Balaban J connectivity index is 1.91. The summed E-state index contributed by atoms with van der Waals surface area (Å²) in [6.45, 7) is 4.09. The molecule has 1 aliphatic heterocycles. The van der Waals surface area contributed by atoms with E-state index in [2.05, 4.69) is 6.92 Å². The first-order valence-corrected chi connectivity index (χ1v) is 9.11. The van der Waals surface area contributed by atoms with Gasteiger partial charge < -0.3 is 4.74 Å². The van der Waals surface area contributed by atoms with Crippen molar-refractivity contribution in [3.8, 4) is 0 Å². The average molecular weight is 331 g/mol. The standard InChI is InChI=1S/C18H21NO3S/c1-18(14-22-15-18)13-19(12-16-8-4-2-5-9-16)23(20,21)17-10-6-3-7-11-17/h2-11H,12-15H2,1H3. The molecule has 0 atom stereocenters. The fraction of sp³-hybridized carbons (Fsp3) is 0.333. The fourth-order valence-corrected chi connectivity index (χ4v) is 4.32. The van der Waals surface area contributed by atoms with E-state index < -0.39 is 10.0 Å². The molecule has 0 bridgehead atoms. The van der Waals surface area contributed by atoms with E-state index in [4.69, 9.17) is 4.74 Å². The Morgan fingerprint density at radius 1 is 1.00 bits per heavy atom. The zero-order valence-electron chi connectivity index (χ0n) is 13.2. The van der Waals surface area contributed by atoms with Gasteiger partial charge in [0.1, 0.15) is 0 Å². The van der Waals surface area contributed by atoms with Crippen LogP contribution in [0.15, 0.2) is 65.6 Å². The molecule has 0 saturated carbocycles. The summed E-state index contributed by atoms with van der Waals surface area (Å²) in [6.07, 6.45) is 0. The van der Waals surface area contributed by atoms with Crippen LogP contribution in [0.5, 0.6) is 0 Å². The van der Waals surface area contributed by atoms with Crippen molar-refractivity contribution in [1.82, 2.24) is 4.31 Å². The lowest BCUT2D eigenvalue weighted by molar-refractivity contribution is -0.108. The van der Waals surface area contributed by atoms with Gasteiger partial charge in [-0.15, -0.1) is 0 Å². The number of ether oxygens (including phenoxy) is 1. The molecule has 1 fully saturated rings. The maximum atomic E-state index is 13.0. The van der Waals surface area contributed by atoms with Gasteiger partial charge in [0, 0.05) is 18.5 Å². The second-order valence-electron chi connectivity index (χ2n) is 6.38. The molecule has 23 heavy (non-hydrogen) atoms. The van der Waals surface area contributed by atoms with Gasteiger partial charge in [0.05, 0.1) is 18.1 Å². The molecule has 2 aromatic rings. The Labute approximate surface area is 137 Å². The summed E-state index contributed by atoms with van der Waals surface area (Å²) in [5, 5.41) is 0. The maximum absolute atomic E-state index is 13.0. The number of rotatable bonds is 6. The van der Waals surface area contributed by atoms with Crippen LogP contribution < -0.4 is 0 Å². The third kappa shape index (κ3) is 3.63. The first-order valence-electron chi connectivity index (χ1n) is 7.67. The molecule has 3 rings (SSSR count). The lowest BCUT2D eigenvalue weighted by Crippen LogP contribution is -2.50. The van der Waals surface area contributed by atoms with E-state index in [1.165, 1.54) is 0 Å². The second-order valence-corrected chi connectivity index (χ2v) is 8.31. The van der Waals surface area contributed by atoms with Crippen molar-refractivity contribution in [2.75, 3.05) is 19.8 Å². The summed E-state index contributed by atoms with van der Waals surface area (Å²) < 4.78 is 32.9. The fourth-order valence-electron chi connectivity index (χ4n) is 2.72. The molecule has 122 valence electrons. The highest BCUT2D eigenvalue weighted by Crippen LogP contribution is 2.31. The van der Waals surface area contributed by atoms with Gasteiger partial charge in [0.2, 0.25) is 10.0 Å². The SMILES string of the molecule is CC1(CN(Cc2ccccc2)S(=O)(=O)c2ccccc2)COC1. The minimum atomic E-state index is -3.53. The van der Waals surface area contributed by atoms with Crippen molar-refractivity contribution in [1.29, 1.82) is 0 Å². The van der Waals surface area contributed by atoms with Gasteiger partial charge in [-0.2, -0.15) is 4.31 Å². The first-order chi connectivity index (χ1) is 11.0. The summed E-state index contributed by atoms with van der Waals surface area (Å²) >= 11 is 0. The van der Waals surface area contributed by atoms with Crippen LogP contribution >= 0.6 is 0 Å². The molecule has 0 amide bonds. The molecule has 0 radical (unpaired) electrons. The van der Waals surface area contributed by atoms with E-state index in [0.29, 0.717) is 31.2 Å². The molecular weight excluding hydrogens is 310 g/mol. The van der Waals surface area contributed by atoms with Crippen LogP contribution in [-0.4, -0.2) is 32.5 Å². The Morgan fingerprint density at radius 2 is 1.57 bits per heavy atom. The monoisotopic (exact) mass is 331 g/mol. The van der Waals surface area contributed by atoms with E-state index in [0.717, 1.165) is 5.56 Å². The van der Waals surface area contributed by atoms with Crippen molar-refractivity contribution in [2.24, 2.45) is 5.41 Å². The van der Waals surface area contributed by atoms with Crippen molar-refractivity contribution in [3.05, 3.63) is 66.2 Å². The molecule has 0 spiro atoms. The van der Waals surface area contributed by atoms with Gasteiger partial charge in [-0.05, 0) is 17.7 Å². The largest absolute Gasteiger partial charge is 0.380 e. The average Bonchev–Trinajstić information content (AvgIpc) is 2.54. The lowest BCUT2D eigenvalue weighted by Gasteiger charge is -2.41. The van der Waals surface area contributed by atoms with Gasteiger partial charge >= 0.3 is 0 Å². The van der Waals surface area contributed by atoms with Crippen molar-refractivity contribution in [2.45, 2.75) is 18.4 Å². The lowest BCUT2D eigenvalue weighted by atomic mass is 9.89. The minimum absolute atomic E-state index is 0.114. The summed E-state index contributed by atoms with van der Waals surface area (Å²) in [5.41, 5.74) is 0.868. The molecule has 0 aromatic heterocycles. The van der Waals surface area contributed by atoms with Gasteiger partial charge in [-0.25, -0.2) is 8.42 Å². The Morgan fingerprint density at radius 3 is 2.09 bits per heavy atom. The van der Waals surface area contributed by atoms with E-state index in [9.17, 15) is 8.42 Å². The van der Waals surface area contributed by atoms with Crippen molar-refractivity contribution < 1.29 is 13.2 Å². The first kappa shape index (κ1) is 16.2. The van der Waals surface area contributed by atoms with Crippen LogP contribution in [0.1, 0.15) is 12.5 Å². The molecule has 0 unspecified atom stereocenters. The Bertz CT molecular complexity index is 740. The molecule has 0 N–H and O–H groups in total. The summed E-state index contributed by atoms with van der Waals surface area (Å²) in [6, 6.07) is 18.3. The van der Waals surface area contributed by atoms with Crippen LogP contribution in [0.2, 0.25) is 0 Å². The van der Waals surface area contributed by atoms with E-state index >= 15 is 0 Å². The summed E-state index contributed by atoms with van der Waals surface area (Å²) in [4.78, 5) is 0.333. The predicted molar refractivity (Wildman–Crippen MR) is 89.4 cm³/mol. The van der Waals surface area contributed by atoms with Crippen LogP contribution in [0, 0.1) is 5.41 Å². The molecule has 5 heteroatoms. The molecule has 2 aromatic carbocycles. The molecule has 0 aliphatic carbocycles. The smallest absolute Gasteiger partial charge is 0.243 e. The van der Waals surface area contributed by atoms with E-state index in [1.807, 2.05) is 36.4 Å². The third-order valence-corrected chi connectivity index (χ3v) is 5.85. The summed E-state index contributed by atoms with van der Waals surface area (Å²) in [5.74, 6) is 0. The minimum Gasteiger partial charge on any atom is -0.380 e. The maximum Gasteiger partial charge on any atom is 0.243 e. The molecular formula is C18H21NO3S. The highest BCUT2D eigenvalue weighted by Gasteiger charge is 2.39. The number of nitrogens with zero attached hydrogens (tertiary/aromatic N) is 1. The molecule has 4 nitrogen and oxygen atoms in total. The number of sulfonamides is 1. The zero-order valence-corrected chi connectivity index (χ0v) is 14.0. The highest BCUT2D eigenvalue weighted by atomic mass is 32.2. The van der Waals surface area contributed by atoms with Crippen LogP contribution in [0.4, 0.5) is 0 Å². The van der Waals surface area contributed by atoms with Gasteiger partial charge in [0.25, 0.3) is 0 Å². The predicted octanol–water partition coefficient (Wildman–Crippen LogP) is 2.91. The topological polar surface area (TPSA) is 46.6 Å². The number of benzene rings is 2. The van der Waals surface area contributed by atoms with Crippen LogP contribution in [-0.2, 0) is 21.3 Å². The normalized spacial score (nSPS) is 17.0. The van der Waals surface area contributed by atoms with Crippen LogP contribution in [0.3, 0.4) is 0 Å². The van der Waals surface area contributed by atoms with Gasteiger partial charge in [-0.3, -0.25) is 0 Å². The molecule has 1 aliphatic rings. The number of hydrogen-bond donors (Lipinski definition) is 0. The molecule has 1 saturated heterocycles. The zero-order chi connectivity index (χ0) is 16.3. The Kier molecular flexibility index (Phi) is 4.53. The number of hydrogen-bond acceptors (Lipinski definition) is 3. The second kappa shape index (κ2) is 6.43. The third-order valence-electron chi connectivity index (χ3n) is 4.04.